The minimum absolute atomic E-state index is 0.0696. The van der Waals surface area contributed by atoms with Crippen LogP contribution in [-0.2, 0) is 9.84 Å². The van der Waals surface area contributed by atoms with Crippen molar-refractivity contribution in [3.8, 4) is 23.0 Å². The molecule has 6 aromatic carbocycles. The third-order valence-electron chi connectivity index (χ3n) is 7.19. The molecule has 0 N–H and O–H groups in total. The van der Waals surface area contributed by atoms with Crippen LogP contribution in [0.5, 0.6) is 23.0 Å². The van der Waals surface area contributed by atoms with E-state index in [1.165, 1.54) is 97.1 Å². The molecule has 0 saturated carbocycles. The van der Waals surface area contributed by atoms with Gasteiger partial charge in [0.1, 0.15) is 34.6 Å². The van der Waals surface area contributed by atoms with Gasteiger partial charge in [0.2, 0.25) is 9.84 Å². The van der Waals surface area contributed by atoms with Crippen LogP contribution in [-0.4, -0.2) is 20.0 Å². The first-order valence-corrected chi connectivity index (χ1v) is 15.8. The lowest BCUT2D eigenvalue weighted by Gasteiger charge is -2.10. The molecule has 0 amide bonds. The Morgan fingerprint density at radius 2 is 0.617 bits per heavy atom. The van der Waals surface area contributed by atoms with E-state index in [4.69, 9.17) is 9.47 Å². The Morgan fingerprint density at radius 1 is 0.383 bits per heavy atom. The second kappa shape index (κ2) is 13.2. The smallest absolute Gasteiger partial charge is 0.206 e. The molecular weight excluding hydrogens is 622 g/mol. The van der Waals surface area contributed by atoms with E-state index in [-0.39, 0.29) is 21.4 Å². The van der Waals surface area contributed by atoms with Gasteiger partial charge in [-0.1, -0.05) is 0 Å². The van der Waals surface area contributed by atoms with Crippen LogP contribution >= 0.6 is 0 Å². The van der Waals surface area contributed by atoms with Crippen LogP contribution in [0.4, 0.5) is 8.78 Å². The summed E-state index contributed by atoms with van der Waals surface area (Å²) in [6.45, 7) is 0. The fourth-order valence-electron chi connectivity index (χ4n) is 4.67. The third-order valence-corrected chi connectivity index (χ3v) is 8.97. The molecule has 0 fully saturated rings. The molecule has 0 aliphatic heterocycles. The molecule has 0 spiro atoms. The number of sulfone groups is 1. The molecule has 9 heteroatoms. The summed E-state index contributed by atoms with van der Waals surface area (Å²) in [5, 5.41) is 0. The number of ketones is 2. The first kappa shape index (κ1) is 31.1. The van der Waals surface area contributed by atoms with Gasteiger partial charge in [0, 0.05) is 22.3 Å². The van der Waals surface area contributed by atoms with Crippen LogP contribution in [0.1, 0.15) is 31.8 Å². The van der Waals surface area contributed by atoms with Crippen molar-refractivity contribution in [1.82, 2.24) is 0 Å². The fraction of sp³-hybridized carbons (Fsp3) is 0. The molecule has 0 bridgehead atoms. The zero-order valence-corrected chi connectivity index (χ0v) is 25.3. The summed E-state index contributed by atoms with van der Waals surface area (Å²) in [5.74, 6) is 0.337. The SMILES string of the molecule is O=C(c1ccc(F)cc1)c1ccc(Oc2ccc(S(=O)(=O)c3ccc(Oc4ccc(C(=O)c5ccc(F)cc5)cc4)cc3)cc2)cc1. The van der Waals surface area contributed by atoms with Gasteiger partial charge in [-0.25, -0.2) is 17.2 Å². The van der Waals surface area contributed by atoms with Gasteiger partial charge >= 0.3 is 0 Å². The molecular formula is C38H24F2O6S. The van der Waals surface area contributed by atoms with Gasteiger partial charge in [-0.3, -0.25) is 9.59 Å². The van der Waals surface area contributed by atoms with E-state index >= 15 is 0 Å². The second-order valence-electron chi connectivity index (χ2n) is 10.4. The summed E-state index contributed by atoms with van der Waals surface area (Å²) in [5.41, 5.74) is 1.55. The summed E-state index contributed by atoms with van der Waals surface area (Å²) in [7, 11) is -3.84. The Balaban J connectivity index is 1.07. The molecule has 6 aromatic rings. The van der Waals surface area contributed by atoms with Crippen LogP contribution in [0.2, 0.25) is 0 Å². The van der Waals surface area contributed by atoms with Crippen molar-refractivity contribution in [3.63, 3.8) is 0 Å². The predicted octanol–water partition coefficient (Wildman–Crippen LogP) is 8.84. The Morgan fingerprint density at radius 3 is 0.894 bits per heavy atom. The van der Waals surface area contributed by atoms with Gasteiger partial charge in [-0.15, -0.1) is 0 Å². The summed E-state index contributed by atoms with van der Waals surface area (Å²) in [6, 6.07) is 35.4. The zero-order valence-electron chi connectivity index (χ0n) is 24.5. The summed E-state index contributed by atoms with van der Waals surface area (Å²) in [6.07, 6.45) is 0. The molecule has 0 heterocycles. The number of hydrogen-bond donors (Lipinski definition) is 0. The van der Waals surface area contributed by atoms with E-state index in [0.717, 1.165) is 0 Å². The highest BCUT2D eigenvalue weighted by Gasteiger charge is 2.18. The maximum absolute atomic E-state index is 13.3. The van der Waals surface area contributed by atoms with E-state index in [9.17, 15) is 26.8 Å². The van der Waals surface area contributed by atoms with Crippen molar-refractivity contribution >= 4 is 21.4 Å². The number of carbonyl (C=O) groups excluding carboxylic acids is 2. The fourth-order valence-corrected chi connectivity index (χ4v) is 5.93. The molecule has 232 valence electrons. The molecule has 47 heavy (non-hydrogen) atoms. The van der Waals surface area contributed by atoms with Crippen molar-refractivity contribution in [2.45, 2.75) is 9.79 Å². The lowest BCUT2D eigenvalue weighted by molar-refractivity contribution is 0.103. The topological polar surface area (TPSA) is 86.7 Å². The maximum Gasteiger partial charge on any atom is 0.206 e. The zero-order chi connectivity index (χ0) is 33.0. The number of rotatable bonds is 10. The van der Waals surface area contributed by atoms with Gasteiger partial charge < -0.3 is 9.47 Å². The first-order chi connectivity index (χ1) is 22.7. The molecule has 0 aliphatic rings. The summed E-state index contributed by atoms with van der Waals surface area (Å²) in [4.78, 5) is 25.4. The minimum atomic E-state index is -3.84. The molecule has 0 radical (unpaired) electrons. The van der Waals surface area contributed by atoms with Crippen LogP contribution in [0, 0.1) is 11.6 Å². The number of ether oxygens (including phenoxy) is 2. The molecule has 6 rings (SSSR count). The number of halogens is 2. The third kappa shape index (κ3) is 7.16. The van der Waals surface area contributed by atoms with Crippen molar-refractivity contribution in [1.29, 1.82) is 0 Å². The largest absolute Gasteiger partial charge is 0.457 e. The van der Waals surface area contributed by atoms with Crippen LogP contribution in [0.25, 0.3) is 0 Å². The van der Waals surface area contributed by atoms with Crippen LogP contribution < -0.4 is 9.47 Å². The number of carbonyl (C=O) groups is 2. The highest BCUT2D eigenvalue weighted by molar-refractivity contribution is 7.91. The summed E-state index contributed by atoms with van der Waals surface area (Å²) >= 11 is 0. The average Bonchev–Trinajstić information content (AvgIpc) is 3.09. The molecule has 0 aliphatic carbocycles. The Bertz CT molecular complexity index is 1990. The van der Waals surface area contributed by atoms with Crippen LogP contribution in [0.15, 0.2) is 155 Å². The van der Waals surface area contributed by atoms with E-state index in [0.29, 0.717) is 45.3 Å². The highest BCUT2D eigenvalue weighted by atomic mass is 32.2. The maximum atomic E-state index is 13.3. The van der Waals surface area contributed by atoms with Crippen molar-refractivity contribution in [3.05, 3.63) is 179 Å². The van der Waals surface area contributed by atoms with Gasteiger partial charge in [-0.2, -0.15) is 0 Å². The normalized spacial score (nSPS) is 11.1. The molecule has 0 saturated heterocycles. The lowest BCUT2D eigenvalue weighted by Crippen LogP contribution is -2.02. The van der Waals surface area contributed by atoms with Crippen LogP contribution in [0.3, 0.4) is 0 Å². The minimum Gasteiger partial charge on any atom is -0.457 e. The summed E-state index contributed by atoms with van der Waals surface area (Å²) < 4.78 is 64.5. The molecule has 0 aromatic heterocycles. The van der Waals surface area contributed by atoms with Crippen molar-refractivity contribution in [2.24, 2.45) is 0 Å². The highest BCUT2D eigenvalue weighted by Crippen LogP contribution is 2.29. The lowest BCUT2D eigenvalue weighted by atomic mass is 10.0. The van der Waals surface area contributed by atoms with E-state index in [1.807, 2.05) is 0 Å². The second-order valence-corrected chi connectivity index (χ2v) is 12.3. The van der Waals surface area contributed by atoms with Crippen molar-refractivity contribution in [2.75, 3.05) is 0 Å². The average molecular weight is 647 g/mol. The van der Waals surface area contributed by atoms with Crippen molar-refractivity contribution < 1.29 is 36.3 Å². The van der Waals surface area contributed by atoms with Gasteiger partial charge in [0.25, 0.3) is 0 Å². The van der Waals surface area contributed by atoms with Gasteiger partial charge in [0.15, 0.2) is 11.6 Å². The molecule has 6 nitrogen and oxygen atoms in total. The number of hydrogen-bond acceptors (Lipinski definition) is 6. The van der Waals surface area contributed by atoms with E-state index in [1.54, 1.807) is 48.5 Å². The number of benzene rings is 6. The monoisotopic (exact) mass is 646 g/mol. The predicted molar refractivity (Wildman–Crippen MR) is 171 cm³/mol. The Kier molecular flexibility index (Phi) is 8.73. The Hall–Kier alpha value is -5.93. The van der Waals surface area contributed by atoms with E-state index < -0.39 is 21.5 Å². The van der Waals surface area contributed by atoms with Gasteiger partial charge in [0.05, 0.1) is 9.79 Å². The quantitative estimate of drug-likeness (QED) is 0.138. The molecule has 0 atom stereocenters. The molecule has 0 unspecified atom stereocenters. The van der Waals surface area contributed by atoms with E-state index in [2.05, 4.69) is 0 Å². The first-order valence-electron chi connectivity index (χ1n) is 14.3. The standard InChI is InChI=1S/C38H24F2O6S/c39-29-9-1-25(2-10-29)37(41)27-5-13-31(14-6-27)45-33-17-21-35(22-18-33)47(43,44)36-23-19-34(20-24-36)46-32-15-7-28(8-16-32)38(42)26-3-11-30(40)12-4-26/h1-24H. The Labute approximate surface area is 269 Å². The van der Waals surface area contributed by atoms with Gasteiger partial charge in [-0.05, 0) is 146 Å².